The van der Waals surface area contributed by atoms with Crippen molar-refractivity contribution in [3.63, 3.8) is 0 Å². The molecule has 0 aliphatic rings. The van der Waals surface area contributed by atoms with E-state index in [1.54, 1.807) is 11.8 Å². The predicted octanol–water partition coefficient (Wildman–Crippen LogP) is 5.30. The van der Waals surface area contributed by atoms with Crippen molar-refractivity contribution in [3.8, 4) is 17.0 Å². The van der Waals surface area contributed by atoms with Crippen LogP contribution in [-0.2, 0) is 4.74 Å². The highest BCUT2D eigenvalue weighted by molar-refractivity contribution is 9.10. The quantitative estimate of drug-likeness (QED) is 0.473. The summed E-state index contributed by atoms with van der Waals surface area (Å²) in [7, 11) is 0.236. The third-order valence-corrected chi connectivity index (χ3v) is 7.16. The summed E-state index contributed by atoms with van der Waals surface area (Å²) in [6, 6.07) is 7.71. The van der Waals surface area contributed by atoms with Gasteiger partial charge < -0.3 is 9.47 Å². The summed E-state index contributed by atoms with van der Waals surface area (Å²) in [5.74, 6) is 0.765. The zero-order valence-corrected chi connectivity index (χ0v) is 17.4. The van der Waals surface area contributed by atoms with E-state index in [-0.39, 0.29) is 5.73 Å². The highest BCUT2D eigenvalue weighted by Gasteiger charge is 2.26. The topological polar surface area (TPSA) is 36.3 Å². The Morgan fingerprint density at radius 1 is 1.26 bits per heavy atom. The zero-order chi connectivity index (χ0) is 17.2. The fourth-order valence-electron chi connectivity index (χ4n) is 1.91. The normalized spacial score (nSPS) is 14.6. The lowest BCUT2D eigenvalue weighted by Gasteiger charge is -2.27. The van der Waals surface area contributed by atoms with E-state index in [0.717, 1.165) is 21.5 Å². The third-order valence-electron chi connectivity index (χ3n) is 3.79. The molecule has 0 radical (unpaired) electrons. The number of rotatable bonds is 6. The second-order valence-corrected chi connectivity index (χ2v) is 13.3. The van der Waals surface area contributed by atoms with Crippen LogP contribution in [0.4, 0.5) is 0 Å². The number of hydrogen-bond acceptors (Lipinski definition) is 3. The maximum atomic E-state index is 6.37. The maximum Gasteiger partial charge on any atom is 0.227 e. The van der Waals surface area contributed by atoms with E-state index >= 15 is 0 Å². The molecule has 7 heteroatoms. The molecule has 1 heterocycles. The number of aromatic nitrogens is 2. The molecule has 1 aromatic carbocycles. The molecule has 0 saturated heterocycles. The van der Waals surface area contributed by atoms with Gasteiger partial charge in [-0.1, -0.05) is 47.2 Å². The first-order chi connectivity index (χ1) is 10.7. The first kappa shape index (κ1) is 18.5. The summed E-state index contributed by atoms with van der Waals surface area (Å²) in [5, 5.41) is 4.54. The van der Waals surface area contributed by atoms with Crippen LogP contribution in [0, 0.1) is 0 Å². The van der Waals surface area contributed by atoms with Crippen molar-refractivity contribution in [3.05, 3.63) is 34.9 Å². The van der Waals surface area contributed by atoms with E-state index < -0.39 is 13.8 Å². The van der Waals surface area contributed by atoms with Gasteiger partial charge in [-0.2, -0.15) is 5.10 Å². The Morgan fingerprint density at radius 3 is 2.57 bits per heavy atom. The predicted molar refractivity (Wildman–Crippen MR) is 101 cm³/mol. The third kappa shape index (κ3) is 4.59. The Kier molecular flexibility index (Phi) is 5.94. The van der Waals surface area contributed by atoms with Crippen molar-refractivity contribution >= 4 is 35.6 Å². The smallest absolute Gasteiger partial charge is 0.227 e. The minimum Gasteiger partial charge on any atom is -0.496 e. The number of halogens is 2. The summed E-state index contributed by atoms with van der Waals surface area (Å²) in [4.78, 5) is 0. The number of ether oxygens (including phenoxy) is 2. The summed E-state index contributed by atoms with van der Waals surface area (Å²) >= 11 is 9.85. The van der Waals surface area contributed by atoms with Crippen molar-refractivity contribution in [1.29, 1.82) is 0 Å². The highest BCUT2D eigenvalue weighted by Crippen LogP contribution is 2.32. The van der Waals surface area contributed by atoms with E-state index in [9.17, 15) is 0 Å². The SMILES string of the molecule is COc1ccc(Br)cc1-c1ccn(C(Cl)OC(C)[Si](C)(C)C)n1. The van der Waals surface area contributed by atoms with Crippen LogP contribution < -0.4 is 4.74 Å². The lowest BCUT2D eigenvalue weighted by atomic mass is 10.1. The highest BCUT2D eigenvalue weighted by atomic mass is 79.9. The number of benzene rings is 1. The van der Waals surface area contributed by atoms with Crippen LogP contribution >= 0.6 is 27.5 Å². The van der Waals surface area contributed by atoms with Gasteiger partial charge in [0.15, 0.2) is 0 Å². The molecule has 0 spiro atoms. The molecule has 2 unspecified atom stereocenters. The molecule has 0 N–H and O–H groups in total. The number of methoxy groups -OCH3 is 1. The summed E-state index contributed by atoms with van der Waals surface area (Å²) in [6.45, 7) is 8.83. The van der Waals surface area contributed by atoms with E-state index in [1.807, 2.05) is 30.5 Å². The molecular formula is C16H22BrClN2O2Si. The lowest BCUT2D eigenvalue weighted by molar-refractivity contribution is 0.0354. The van der Waals surface area contributed by atoms with Crippen LogP contribution in [0.25, 0.3) is 11.3 Å². The Hall–Kier alpha value is -0.823. The van der Waals surface area contributed by atoms with Crippen LogP contribution in [0.15, 0.2) is 34.9 Å². The van der Waals surface area contributed by atoms with E-state index in [1.165, 1.54) is 0 Å². The Balaban J connectivity index is 2.22. The van der Waals surface area contributed by atoms with Gasteiger partial charge in [0, 0.05) is 22.0 Å². The summed E-state index contributed by atoms with van der Waals surface area (Å²) in [5.41, 5.74) is 1.21. The first-order valence-corrected chi connectivity index (χ1v) is 12.2. The molecule has 0 saturated carbocycles. The average molecular weight is 418 g/mol. The molecule has 0 bridgehead atoms. The van der Waals surface area contributed by atoms with Gasteiger partial charge in [0.1, 0.15) is 5.75 Å². The number of alkyl halides is 1. The Labute approximate surface area is 151 Å². The standard InChI is InChI=1S/C16H22BrClN2O2Si/c1-11(23(3,4)5)22-16(18)20-9-8-14(19-20)13-10-12(17)6-7-15(13)21-2/h6-11,16H,1-5H3. The van der Waals surface area contributed by atoms with Crippen LogP contribution in [-0.4, -0.2) is 30.7 Å². The van der Waals surface area contributed by atoms with Crippen LogP contribution in [0.1, 0.15) is 12.6 Å². The maximum absolute atomic E-state index is 6.37. The Morgan fingerprint density at radius 2 is 1.96 bits per heavy atom. The molecular weight excluding hydrogens is 396 g/mol. The average Bonchev–Trinajstić information content (AvgIpc) is 2.95. The molecule has 2 aromatic rings. The second-order valence-electron chi connectivity index (χ2n) is 6.46. The molecule has 0 aliphatic heterocycles. The van der Waals surface area contributed by atoms with Gasteiger partial charge in [0.2, 0.25) is 5.69 Å². The van der Waals surface area contributed by atoms with Gasteiger partial charge in [-0.25, -0.2) is 4.68 Å². The molecule has 0 amide bonds. The molecule has 2 rings (SSSR count). The van der Waals surface area contributed by atoms with E-state index in [0.29, 0.717) is 0 Å². The first-order valence-electron chi connectivity index (χ1n) is 7.41. The van der Waals surface area contributed by atoms with Crippen molar-refractivity contribution in [2.45, 2.75) is 38.0 Å². The van der Waals surface area contributed by atoms with Crippen LogP contribution in [0.3, 0.4) is 0 Å². The van der Waals surface area contributed by atoms with Crippen LogP contribution in [0.2, 0.25) is 19.6 Å². The monoisotopic (exact) mass is 416 g/mol. The van der Waals surface area contributed by atoms with Gasteiger partial charge in [-0.05, 0) is 31.2 Å². The molecule has 4 nitrogen and oxygen atoms in total. The van der Waals surface area contributed by atoms with E-state index in [2.05, 4.69) is 47.6 Å². The van der Waals surface area contributed by atoms with Gasteiger partial charge in [-0.3, -0.25) is 0 Å². The zero-order valence-electron chi connectivity index (χ0n) is 14.0. The van der Waals surface area contributed by atoms with Crippen LogP contribution in [0.5, 0.6) is 5.75 Å². The lowest BCUT2D eigenvalue weighted by Crippen LogP contribution is -2.38. The van der Waals surface area contributed by atoms with Crippen molar-refractivity contribution in [2.75, 3.05) is 7.11 Å². The van der Waals surface area contributed by atoms with Gasteiger partial charge >= 0.3 is 0 Å². The van der Waals surface area contributed by atoms with Gasteiger partial charge in [0.25, 0.3) is 0 Å². The second kappa shape index (κ2) is 7.38. The molecule has 0 fully saturated rings. The van der Waals surface area contributed by atoms with Crippen molar-refractivity contribution in [2.24, 2.45) is 0 Å². The fraction of sp³-hybridized carbons (Fsp3) is 0.438. The molecule has 126 valence electrons. The minimum absolute atomic E-state index is 0.137. The Bertz CT molecular complexity index is 672. The van der Waals surface area contributed by atoms with Gasteiger partial charge in [0.05, 0.1) is 20.9 Å². The number of hydrogen-bond donors (Lipinski definition) is 0. The molecule has 1 aromatic heterocycles. The largest absolute Gasteiger partial charge is 0.496 e. The molecule has 23 heavy (non-hydrogen) atoms. The van der Waals surface area contributed by atoms with Crippen molar-refractivity contribution in [1.82, 2.24) is 9.78 Å². The van der Waals surface area contributed by atoms with E-state index in [4.69, 9.17) is 21.1 Å². The number of nitrogens with zero attached hydrogens (tertiary/aromatic N) is 2. The molecule has 0 aliphatic carbocycles. The fourth-order valence-corrected chi connectivity index (χ4v) is 3.16. The van der Waals surface area contributed by atoms with Crippen molar-refractivity contribution < 1.29 is 9.47 Å². The van der Waals surface area contributed by atoms with Gasteiger partial charge in [-0.15, -0.1) is 0 Å². The minimum atomic E-state index is -1.41. The molecule has 2 atom stereocenters. The summed E-state index contributed by atoms with van der Waals surface area (Å²) in [6.07, 6.45) is 1.82. The summed E-state index contributed by atoms with van der Waals surface area (Å²) < 4.78 is 13.9.